The molecule has 1 aromatic rings. The van der Waals surface area contributed by atoms with Crippen LogP contribution in [0.5, 0.6) is 5.75 Å². The minimum absolute atomic E-state index is 0.208. The summed E-state index contributed by atoms with van der Waals surface area (Å²) in [5, 5.41) is 0. The van der Waals surface area contributed by atoms with Crippen molar-refractivity contribution in [3.05, 3.63) is 29.3 Å². The van der Waals surface area contributed by atoms with E-state index in [-0.39, 0.29) is 5.56 Å². The summed E-state index contributed by atoms with van der Waals surface area (Å²) in [6.07, 6.45) is -0.884. The van der Waals surface area contributed by atoms with E-state index in [2.05, 4.69) is 0 Å². The van der Waals surface area contributed by atoms with Crippen LogP contribution in [0, 0.1) is 6.92 Å². The van der Waals surface area contributed by atoms with Crippen molar-refractivity contribution in [3.63, 3.8) is 0 Å². The molecule has 1 aromatic carbocycles. The molecule has 0 aliphatic heterocycles. The van der Waals surface area contributed by atoms with Gasteiger partial charge in [0.05, 0.1) is 7.11 Å². The Hall–Kier alpha value is -1.13. The van der Waals surface area contributed by atoms with Crippen LogP contribution in [-0.4, -0.2) is 14.1 Å². The predicted molar refractivity (Wildman–Crippen MR) is 50.5 cm³/mol. The van der Waals surface area contributed by atoms with Crippen LogP contribution >= 0.6 is 0 Å². The minimum atomic E-state index is -4.80. The van der Waals surface area contributed by atoms with Crippen LogP contribution in [-0.2, 0) is 6.32 Å². The van der Waals surface area contributed by atoms with Crippen LogP contribution in [0.4, 0.5) is 12.9 Å². The van der Waals surface area contributed by atoms with Crippen LogP contribution in [0.3, 0.4) is 0 Å². The summed E-state index contributed by atoms with van der Waals surface area (Å²) in [4.78, 5) is 0. The van der Waals surface area contributed by atoms with Gasteiger partial charge in [0.25, 0.3) is 0 Å². The average molecular weight is 203 g/mol. The van der Waals surface area contributed by atoms with Gasteiger partial charge in [0, 0.05) is 0 Å². The van der Waals surface area contributed by atoms with E-state index >= 15 is 0 Å². The number of methoxy groups -OCH3 is 1. The van der Waals surface area contributed by atoms with E-state index in [4.69, 9.17) is 4.74 Å². The normalized spacial score (nSPS) is 11.5. The zero-order valence-corrected chi connectivity index (χ0v) is 8.06. The first kappa shape index (κ1) is 11.0. The maximum atomic E-state index is 12.2. The molecule has 78 valence electrons. The maximum Gasteiger partial charge on any atom is 0.482 e. The Balaban J connectivity index is 2.99. The molecule has 0 N–H and O–H groups in total. The van der Waals surface area contributed by atoms with E-state index in [1.54, 1.807) is 19.1 Å². The van der Waals surface area contributed by atoms with Crippen LogP contribution in [0.15, 0.2) is 18.2 Å². The maximum absolute atomic E-state index is 12.2. The molecule has 0 atom stereocenters. The minimum Gasteiger partial charge on any atom is -0.497 e. The van der Waals surface area contributed by atoms with E-state index in [9.17, 15) is 12.9 Å². The molecule has 0 aliphatic rings. The highest BCUT2D eigenvalue weighted by Crippen LogP contribution is 2.25. The highest BCUT2D eigenvalue weighted by molar-refractivity contribution is 6.57. The van der Waals surface area contributed by atoms with Gasteiger partial charge in [-0.15, -0.1) is 0 Å². The monoisotopic (exact) mass is 203 g/mol. The second-order valence-electron chi connectivity index (χ2n) is 3.23. The Labute approximate surface area is 80.9 Å². The molecule has 0 aromatic heterocycles. The summed E-state index contributed by atoms with van der Waals surface area (Å²) in [6, 6.07) is 4.80. The molecule has 0 radical (unpaired) electrons. The summed E-state index contributed by atoms with van der Waals surface area (Å²) >= 11 is 0. The first-order chi connectivity index (χ1) is 6.42. The van der Waals surface area contributed by atoms with Crippen LogP contribution < -0.4 is 4.74 Å². The van der Waals surface area contributed by atoms with E-state index in [0.29, 0.717) is 5.75 Å². The molecule has 0 amide bonds. The summed E-state index contributed by atoms with van der Waals surface area (Å²) in [5.41, 5.74) is 1.01. The zero-order chi connectivity index (χ0) is 10.8. The van der Waals surface area contributed by atoms with E-state index < -0.39 is 13.3 Å². The third-order valence-corrected chi connectivity index (χ3v) is 1.89. The van der Waals surface area contributed by atoms with Crippen molar-refractivity contribution in [2.24, 2.45) is 0 Å². The SMILES string of the molecule is COc1ccc(C)cc1C[B-](F)(F)F. The number of hydrogen-bond acceptors (Lipinski definition) is 1. The second kappa shape index (κ2) is 3.94. The van der Waals surface area contributed by atoms with E-state index in [0.717, 1.165) is 5.56 Å². The van der Waals surface area contributed by atoms with Crippen LogP contribution in [0.25, 0.3) is 0 Å². The third kappa shape index (κ3) is 2.98. The van der Waals surface area contributed by atoms with Crippen molar-refractivity contribution in [2.45, 2.75) is 13.2 Å². The molecule has 5 heteroatoms. The van der Waals surface area contributed by atoms with Gasteiger partial charge < -0.3 is 17.7 Å². The number of hydrogen-bond donors (Lipinski definition) is 0. The molecular weight excluding hydrogens is 192 g/mol. The van der Waals surface area contributed by atoms with Crippen LogP contribution in [0.1, 0.15) is 11.1 Å². The van der Waals surface area contributed by atoms with Gasteiger partial charge in [-0.3, -0.25) is 0 Å². The molecule has 0 unspecified atom stereocenters. The quantitative estimate of drug-likeness (QED) is 0.686. The lowest BCUT2D eigenvalue weighted by molar-refractivity contribution is 0.406. The third-order valence-electron chi connectivity index (χ3n) is 1.89. The Morgan fingerprint density at radius 2 is 1.93 bits per heavy atom. The lowest BCUT2D eigenvalue weighted by atomic mass is 9.81. The number of aryl methyl sites for hydroxylation is 1. The Morgan fingerprint density at radius 3 is 2.43 bits per heavy atom. The van der Waals surface area contributed by atoms with Gasteiger partial charge in [0.15, 0.2) is 0 Å². The summed E-state index contributed by atoms with van der Waals surface area (Å²) in [5.74, 6) is 0.301. The average Bonchev–Trinajstić information content (AvgIpc) is 2.01. The summed E-state index contributed by atoms with van der Waals surface area (Å²) in [6.45, 7) is -3.05. The molecule has 0 bridgehead atoms. The van der Waals surface area contributed by atoms with Gasteiger partial charge in [-0.25, -0.2) is 0 Å². The number of rotatable bonds is 3. The lowest BCUT2D eigenvalue weighted by Crippen LogP contribution is -2.19. The summed E-state index contributed by atoms with van der Waals surface area (Å²) in [7, 11) is 1.37. The first-order valence-corrected chi connectivity index (χ1v) is 4.27. The Bertz CT molecular complexity index is 322. The lowest BCUT2D eigenvalue weighted by Gasteiger charge is -2.16. The molecule has 0 heterocycles. The zero-order valence-electron chi connectivity index (χ0n) is 8.06. The fourth-order valence-corrected chi connectivity index (χ4v) is 1.32. The molecule has 0 aliphatic carbocycles. The fraction of sp³-hybridized carbons (Fsp3) is 0.333. The molecule has 1 nitrogen and oxygen atoms in total. The topological polar surface area (TPSA) is 9.23 Å². The second-order valence-corrected chi connectivity index (χ2v) is 3.23. The van der Waals surface area contributed by atoms with Gasteiger partial charge in [0.1, 0.15) is 5.75 Å². The van der Waals surface area contributed by atoms with Gasteiger partial charge >= 0.3 is 6.98 Å². The first-order valence-electron chi connectivity index (χ1n) is 4.27. The molecule has 0 saturated heterocycles. The fourth-order valence-electron chi connectivity index (χ4n) is 1.32. The number of benzene rings is 1. The molecule has 0 saturated carbocycles. The van der Waals surface area contributed by atoms with Gasteiger partial charge in [-0.1, -0.05) is 24.0 Å². The van der Waals surface area contributed by atoms with E-state index in [1.165, 1.54) is 13.2 Å². The molecule has 0 spiro atoms. The Kier molecular flexibility index (Phi) is 3.08. The molecule has 0 fully saturated rings. The van der Waals surface area contributed by atoms with Crippen molar-refractivity contribution in [2.75, 3.05) is 7.11 Å². The van der Waals surface area contributed by atoms with Crippen molar-refractivity contribution in [3.8, 4) is 5.75 Å². The highest BCUT2D eigenvalue weighted by Gasteiger charge is 2.24. The van der Waals surface area contributed by atoms with Crippen molar-refractivity contribution >= 4 is 6.98 Å². The smallest absolute Gasteiger partial charge is 0.482 e. The van der Waals surface area contributed by atoms with Crippen LogP contribution in [0.2, 0.25) is 0 Å². The summed E-state index contributed by atoms with van der Waals surface area (Å²) < 4.78 is 41.4. The van der Waals surface area contributed by atoms with E-state index in [1.807, 2.05) is 0 Å². The van der Waals surface area contributed by atoms with Crippen molar-refractivity contribution < 1.29 is 17.7 Å². The van der Waals surface area contributed by atoms with Crippen molar-refractivity contribution in [1.82, 2.24) is 0 Å². The van der Waals surface area contributed by atoms with Crippen molar-refractivity contribution in [1.29, 1.82) is 0 Å². The largest absolute Gasteiger partial charge is 0.497 e. The van der Waals surface area contributed by atoms with Gasteiger partial charge in [-0.05, 0) is 18.6 Å². The predicted octanol–water partition coefficient (Wildman–Crippen LogP) is 2.93. The van der Waals surface area contributed by atoms with Gasteiger partial charge in [-0.2, -0.15) is 0 Å². The standard InChI is InChI=1S/C9H11BF3O/c1-7-3-4-9(14-2)8(5-7)6-10(11,12)13/h3-5H,6H2,1-2H3/q-1. The number of halogens is 3. The van der Waals surface area contributed by atoms with Gasteiger partial charge in [0.2, 0.25) is 0 Å². The Morgan fingerprint density at radius 1 is 1.29 bits per heavy atom. The molecule has 14 heavy (non-hydrogen) atoms. The molecule has 1 rings (SSSR count). The number of ether oxygens (including phenoxy) is 1. The highest BCUT2D eigenvalue weighted by atomic mass is 19.4. The molecular formula is C9H11BF3O-.